The van der Waals surface area contributed by atoms with Gasteiger partial charge in [-0.1, -0.05) is 24.6 Å². The number of hydrogen-bond donors (Lipinski definition) is 0. The molecule has 1 aromatic carbocycles. The van der Waals surface area contributed by atoms with Gasteiger partial charge in [0.1, 0.15) is 0 Å². The molecule has 2 rings (SSSR count). The number of nitrogens with zero attached hydrogens (tertiary/aromatic N) is 1. The van der Waals surface area contributed by atoms with Crippen LogP contribution in [0.25, 0.3) is 0 Å². The van der Waals surface area contributed by atoms with Crippen LogP contribution in [0.15, 0.2) is 23.1 Å². The van der Waals surface area contributed by atoms with Crippen molar-refractivity contribution in [2.75, 3.05) is 20.2 Å². The Morgan fingerprint density at radius 1 is 1.43 bits per heavy atom. The van der Waals surface area contributed by atoms with E-state index in [0.717, 1.165) is 12.0 Å². The van der Waals surface area contributed by atoms with E-state index in [0.29, 0.717) is 24.0 Å². The predicted octanol–water partition coefficient (Wildman–Crippen LogP) is 3.12. The average molecular weight is 352 g/mol. The van der Waals surface area contributed by atoms with Gasteiger partial charge in [-0.05, 0) is 30.0 Å². The lowest BCUT2D eigenvalue weighted by molar-refractivity contribution is 0.0184. The molecule has 0 saturated carbocycles. The minimum Gasteiger partial charge on any atom is -0.380 e. The van der Waals surface area contributed by atoms with E-state index in [1.807, 2.05) is 0 Å². The molecule has 1 aliphatic rings. The summed E-state index contributed by atoms with van der Waals surface area (Å²) in [5.74, 6) is 0.607. The number of sulfonamides is 1. The number of halogens is 2. The first kappa shape index (κ1) is 17.0. The van der Waals surface area contributed by atoms with E-state index in [1.54, 1.807) is 19.2 Å². The Kier molecular flexibility index (Phi) is 5.54. The highest BCUT2D eigenvalue weighted by atomic mass is 35.5. The Hall–Kier alpha value is -0.330. The molecule has 1 heterocycles. The standard InChI is InChI=1S/C14H19Cl2NO3S/c1-10-5-6-17(9-14(10)20-2)21(18,19)12-4-3-11(8-15)13(16)7-12/h3-4,7,10,14H,5-6,8-9H2,1-2H3. The highest BCUT2D eigenvalue weighted by Crippen LogP contribution is 2.28. The zero-order chi connectivity index (χ0) is 15.6. The fraction of sp³-hybridized carbons (Fsp3) is 0.571. The maximum absolute atomic E-state index is 12.7. The van der Waals surface area contributed by atoms with Crippen LogP contribution in [0.5, 0.6) is 0 Å². The van der Waals surface area contributed by atoms with Crippen LogP contribution in [-0.4, -0.2) is 39.0 Å². The van der Waals surface area contributed by atoms with Crippen LogP contribution in [0.3, 0.4) is 0 Å². The van der Waals surface area contributed by atoms with E-state index in [-0.39, 0.29) is 16.9 Å². The minimum absolute atomic E-state index is 0.0777. The summed E-state index contributed by atoms with van der Waals surface area (Å²) in [6.45, 7) is 2.94. The van der Waals surface area contributed by atoms with Gasteiger partial charge in [0.2, 0.25) is 10.0 Å². The van der Waals surface area contributed by atoms with Crippen molar-refractivity contribution in [2.45, 2.75) is 30.2 Å². The number of rotatable bonds is 4. The number of alkyl halides is 1. The molecule has 7 heteroatoms. The zero-order valence-electron chi connectivity index (χ0n) is 12.1. The highest BCUT2D eigenvalue weighted by Gasteiger charge is 2.33. The second-order valence-corrected chi connectivity index (χ2v) is 7.90. The van der Waals surface area contributed by atoms with Gasteiger partial charge in [0.25, 0.3) is 0 Å². The van der Waals surface area contributed by atoms with Crippen LogP contribution in [0.4, 0.5) is 0 Å². The molecule has 2 atom stereocenters. The third-order valence-corrected chi connectivity index (χ3v) is 6.46. The molecular weight excluding hydrogens is 333 g/mol. The topological polar surface area (TPSA) is 46.6 Å². The molecule has 0 bridgehead atoms. The van der Waals surface area contributed by atoms with Crippen LogP contribution in [-0.2, 0) is 20.6 Å². The summed E-state index contributed by atoms with van der Waals surface area (Å²) in [5, 5.41) is 0.375. The summed E-state index contributed by atoms with van der Waals surface area (Å²) < 4.78 is 32.2. The molecule has 0 spiro atoms. The maximum Gasteiger partial charge on any atom is 0.243 e. The second kappa shape index (κ2) is 6.84. The summed E-state index contributed by atoms with van der Waals surface area (Å²) >= 11 is 11.8. The molecule has 4 nitrogen and oxygen atoms in total. The van der Waals surface area contributed by atoms with E-state index < -0.39 is 10.0 Å². The first-order valence-corrected chi connectivity index (χ1v) is 9.12. The normalized spacial score (nSPS) is 24.2. The molecule has 1 saturated heterocycles. The van der Waals surface area contributed by atoms with Crippen molar-refractivity contribution in [3.63, 3.8) is 0 Å². The summed E-state index contributed by atoms with van der Waals surface area (Å²) in [7, 11) is -1.94. The lowest BCUT2D eigenvalue weighted by atomic mass is 9.97. The third kappa shape index (κ3) is 3.54. The molecule has 0 amide bonds. The summed E-state index contributed by atoms with van der Waals surface area (Å²) in [6.07, 6.45) is 0.705. The van der Waals surface area contributed by atoms with Crippen molar-refractivity contribution in [1.29, 1.82) is 0 Å². The lowest BCUT2D eigenvalue weighted by Crippen LogP contribution is -2.46. The summed E-state index contributed by atoms with van der Waals surface area (Å²) in [5.41, 5.74) is 0.722. The Morgan fingerprint density at radius 2 is 2.14 bits per heavy atom. The van der Waals surface area contributed by atoms with Crippen molar-refractivity contribution in [3.05, 3.63) is 28.8 Å². The minimum atomic E-state index is -3.55. The van der Waals surface area contributed by atoms with Gasteiger partial charge in [0.15, 0.2) is 0 Å². The molecule has 1 aromatic rings. The Bertz CT molecular complexity index is 606. The average Bonchev–Trinajstić information content (AvgIpc) is 2.47. The maximum atomic E-state index is 12.7. The molecule has 0 radical (unpaired) electrons. The van der Waals surface area contributed by atoms with Crippen LogP contribution < -0.4 is 0 Å². The molecule has 118 valence electrons. The van der Waals surface area contributed by atoms with Gasteiger partial charge >= 0.3 is 0 Å². The third-order valence-electron chi connectivity index (χ3n) is 3.96. The predicted molar refractivity (Wildman–Crippen MR) is 84.3 cm³/mol. The van der Waals surface area contributed by atoms with Crippen LogP contribution in [0.1, 0.15) is 18.9 Å². The molecule has 1 aliphatic heterocycles. The lowest BCUT2D eigenvalue weighted by Gasteiger charge is -2.35. The van der Waals surface area contributed by atoms with Gasteiger partial charge in [0, 0.05) is 31.1 Å². The summed E-state index contributed by atoms with van der Waals surface area (Å²) in [6, 6.07) is 4.68. The number of hydrogen-bond acceptors (Lipinski definition) is 3. The second-order valence-electron chi connectivity index (χ2n) is 5.29. The monoisotopic (exact) mass is 351 g/mol. The Balaban J connectivity index is 2.27. The van der Waals surface area contributed by atoms with Gasteiger partial charge in [-0.3, -0.25) is 0 Å². The number of methoxy groups -OCH3 is 1. The van der Waals surface area contributed by atoms with Gasteiger partial charge < -0.3 is 4.74 Å². The smallest absolute Gasteiger partial charge is 0.243 e. The quantitative estimate of drug-likeness (QED) is 0.783. The van der Waals surface area contributed by atoms with Crippen molar-refractivity contribution in [2.24, 2.45) is 5.92 Å². The van der Waals surface area contributed by atoms with Gasteiger partial charge in [-0.25, -0.2) is 8.42 Å². The molecule has 0 aliphatic carbocycles. The molecule has 1 fully saturated rings. The van der Waals surface area contributed by atoms with E-state index in [9.17, 15) is 8.42 Å². The fourth-order valence-electron chi connectivity index (χ4n) is 2.48. The SMILES string of the molecule is COC1CN(S(=O)(=O)c2ccc(CCl)c(Cl)c2)CCC1C. The highest BCUT2D eigenvalue weighted by molar-refractivity contribution is 7.89. The molecule has 2 unspecified atom stereocenters. The molecule has 0 aromatic heterocycles. The molecular formula is C14H19Cl2NO3S. The Morgan fingerprint density at radius 3 is 2.71 bits per heavy atom. The summed E-state index contributed by atoms with van der Waals surface area (Å²) in [4.78, 5) is 0.200. The van der Waals surface area contributed by atoms with Crippen molar-refractivity contribution in [1.82, 2.24) is 4.31 Å². The van der Waals surface area contributed by atoms with Crippen LogP contribution in [0.2, 0.25) is 5.02 Å². The van der Waals surface area contributed by atoms with Crippen molar-refractivity contribution >= 4 is 33.2 Å². The van der Waals surface area contributed by atoms with Crippen molar-refractivity contribution < 1.29 is 13.2 Å². The molecule has 21 heavy (non-hydrogen) atoms. The van der Waals surface area contributed by atoms with E-state index in [1.165, 1.54) is 10.4 Å². The van der Waals surface area contributed by atoms with Gasteiger partial charge in [-0.15, -0.1) is 11.6 Å². The molecule has 0 N–H and O–H groups in total. The van der Waals surface area contributed by atoms with E-state index in [4.69, 9.17) is 27.9 Å². The largest absolute Gasteiger partial charge is 0.380 e. The van der Waals surface area contributed by atoms with Gasteiger partial charge in [-0.2, -0.15) is 4.31 Å². The van der Waals surface area contributed by atoms with E-state index in [2.05, 4.69) is 6.92 Å². The fourth-order valence-corrected chi connectivity index (χ4v) is 4.58. The first-order chi connectivity index (χ1) is 9.90. The zero-order valence-corrected chi connectivity index (χ0v) is 14.4. The first-order valence-electron chi connectivity index (χ1n) is 6.77. The number of ether oxygens (including phenoxy) is 1. The van der Waals surface area contributed by atoms with Crippen LogP contribution >= 0.6 is 23.2 Å². The number of piperidine rings is 1. The van der Waals surface area contributed by atoms with E-state index >= 15 is 0 Å². The Labute approximate surface area is 136 Å². The van der Waals surface area contributed by atoms with Crippen LogP contribution in [0, 0.1) is 5.92 Å². The number of benzene rings is 1. The van der Waals surface area contributed by atoms with Crippen molar-refractivity contribution in [3.8, 4) is 0 Å². The van der Waals surface area contributed by atoms with Gasteiger partial charge in [0.05, 0.1) is 11.0 Å².